The van der Waals surface area contributed by atoms with E-state index in [1.165, 1.54) is 13.2 Å². The highest BCUT2D eigenvalue weighted by atomic mass is 35.5. The second kappa shape index (κ2) is 6.13. The molecule has 0 bridgehead atoms. The SMILES string of the molecule is COc1ccc(C)cc1S(=O)(=O)Nc1c(Cl)cccc1Cl. The van der Waals surface area contributed by atoms with Crippen LogP contribution in [0.15, 0.2) is 41.3 Å². The summed E-state index contributed by atoms with van der Waals surface area (Å²) < 4.78 is 32.6. The number of rotatable bonds is 4. The lowest BCUT2D eigenvalue weighted by molar-refractivity contribution is 0.402. The third kappa shape index (κ3) is 3.43. The van der Waals surface area contributed by atoms with Crippen LogP contribution in [0.2, 0.25) is 10.0 Å². The molecular formula is C14H13Cl2NO3S. The molecule has 0 aliphatic heterocycles. The van der Waals surface area contributed by atoms with Gasteiger partial charge < -0.3 is 4.74 Å². The van der Waals surface area contributed by atoms with Gasteiger partial charge in [-0.05, 0) is 36.8 Å². The monoisotopic (exact) mass is 345 g/mol. The van der Waals surface area contributed by atoms with Gasteiger partial charge in [0.2, 0.25) is 0 Å². The normalized spacial score (nSPS) is 11.2. The number of hydrogen-bond acceptors (Lipinski definition) is 3. The minimum atomic E-state index is -3.87. The van der Waals surface area contributed by atoms with E-state index in [2.05, 4.69) is 4.72 Å². The van der Waals surface area contributed by atoms with Gasteiger partial charge in [0.15, 0.2) is 0 Å². The fraction of sp³-hybridized carbons (Fsp3) is 0.143. The number of aryl methyl sites for hydroxylation is 1. The van der Waals surface area contributed by atoms with Gasteiger partial charge in [-0.2, -0.15) is 0 Å². The summed E-state index contributed by atoms with van der Waals surface area (Å²) in [7, 11) is -2.46. The Morgan fingerprint density at radius 2 is 1.71 bits per heavy atom. The van der Waals surface area contributed by atoms with E-state index in [4.69, 9.17) is 27.9 Å². The third-order valence-electron chi connectivity index (χ3n) is 2.81. The number of methoxy groups -OCH3 is 1. The van der Waals surface area contributed by atoms with Crippen LogP contribution in [0.4, 0.5) is 5.69 Å². The second-order valence-corrected chi connectivity index (χ2v) is 6.82. The van der Waals surface area contributed by atoms with E-state index >= 15 is 0 Å². The number of benzene rings is 2. The van der Waals surface area contributed by atoms with Crippen LogP contribution >= 0.6 is 23.2 Å². The molecule has 0 aromatic heterocycles. The van der Waals surface area contributed by atoms with Crippen molar-refractivity contribution in [1.82, 2.24) is 0 Å². The Morgan fingerprint density at radius 3 is 2.29 bits per heavy atom. The van der Waals surface area contributed by atoms with Gasteiger partial charge >= 0.3 is 0 Å². The zero-order chi connectivity index (χ0) is 15.6. The highest BCUT2D eigenvalue weighted by Gasteiger charge is 2.22. The lowest BCUT2D eigenvalue weighted by atomic mass is 10.2. The van der Waals surface area contributed by atoms with Crippen LogP contribution in [-0.2, 0) is 10.0 Å². The van der Waals surface area contributed by atoms with Crippen molar-refractivity contribution < 1.29 is 13.2 Å². The Hall–Kier alpha value is -1.43. The Morgan fingerprint density at radius 1 is 1.10 bits per heavy atom. The van der Waals surface area contributed by atoms with Crippen molar-refractivity contribution >= 4 is 38.9 Å². The van der Waals surface area contributed by atoms with E-state index in [-0.39, 0.29) is 26.4 Å². The molecule has 1 N–H and O–H groups in total. The van der Waals surface area contributed by atoms with Crippen molar-refractivity contribution in [3.8, 4) is 5.75 Å². The van der Waals surface area contributed by atoms with E-state index in [1.807, 2.05) is 0 Å². The molecule has 0 aliphatic rings. The molecule has 0 atom stereocenters. The fourth-order valence-electron chi connectivity index (χ4n) is 1.78. The molecule has 2 rings (SSSR count). The van der Waals surface area contributed by atoms with Crippen molar-refractivity contribution in [3.05, 3.63) is 52.0 Å². The summed E-state index contributed by atoms with van der Waals surface area (Å²) in [6, 6.07) is 9.62. The molecule has 0 unspecified atom stereocenters. The van der Waals surface area contributed by atoms with Crippen molar-refractivity contribution in [1.29, 1.82) is 0 Å². The molecule has 4 nitrogen and oxygen atoms in total. The zero-order valence-corrected chi connectivity index (χ0v) is 13.7. The number of halogens is 2. The first-order valence-corrected chi connectivity index (χ1v) is 8.20. The van der Waals surface area contributed by atoms with Crippen LogP contribution in [-0.4, -0.2) is 15.5 Å². The van der Waals surface area contributed by atoms with Crippen molar-refractivity contribution in [2.24, 2.45) is 0 Å². The maximum atomic E-state index is 12.5. The summed E-state index contributed by atoms with van der Waals surface area (Å²) in [5.74, 6) is 0.247. The molecular weight excluding hydrogens is 333 g/mol. The number of hydrogen-bond donors (Lipinski definition) is 1. The van der Waals surface area contributed by atoms with Crippen LogP contribution in [0.5, 0.6) is 5.75 Å². The number of anilines is 1. The van der Waals surface area contributed by atoms with Crippen LogP contribution in [0, 0.1) is 6.92 Å². The minimum absolute atomic E-state index is 0.0287. The van der Waals surface area contributed by atoms with E-state index < -0.39 is 10.0 Å². The van der Waals surface area contributed by atoms with E-state index in [1.54, 1.807) is 37.3 Å². The Bertz CT molecular complexity index is 756. The standard InChI is InChI=1S/C14H13Cl2NO3S/c1-9-6-7-12(20-2)13(8-9)21(18,19)17-14-10(15)4-3-5-11(14)16/h3-8,17H,1-2H3. The maximum absolute atomic E-state index is 12.5. The maximum Gasteiger partial charge on any atom is 0.265 e. The average Bonchev–Trinajstić information content (AvgIpc) is 2.43. The lowest BCUT2D eigenvalue weighted by Crippen LogP contribution is -2.15. The first kappa shape index (κ1) is 15.9. The van der Waals surface area contributed by atoms with Crippen molar-refractivity contribution in [3.63, 3.8) is 0 Å². The van der Waals surface area contributed by atoms with Gasteiger partial charge in [0.25, 0.3) is 10.0 Å². The fourth-order valence-corrected chi connectivity index (χ4v) is 3.74. The molecule has 0 aliphatic carbocycles. The Labute approximate surface area is 133 Å². The Balaban J connectivity index is 2.51. The van der Waals surface area contributed by atoms with Gasteiger partial charge in [0.05, 0.1) is 22.8 Å². The van der Waals surface area contributed by atoms with Crippen LogP contribution in [0.3, 0.4) is 0 Å². The molecule has 2 aromatic carbocycles. The summed E-state index contributed by atoms with van der Waals surface area (Å²) in [6.45, 7) is 1.79. The molecule has 0 radical (unpaired) electrons. The quantitative estimate of drug-likeness (QED) is 0.906. The van der Waals surface area contributed by atoms with Crippen molar-refractivity contribution in [2.45, 2.75) is 11.8 Å². The average molecular weight is 346 g/mol. The molecule has 0 heterocycles. The van der Waals surface area contributed by atoms with Gasteiger partial charge in [0.1, 0.15) is 10.6 Å². The first-order chi connectivity index (χ1) is 9.85. The third-order valence-corrected chi connectivity index (χ3v) is 4.81. The van der Waals surface area contributed by atoms with Gasteiger partial charge in [-0.25, -0.2) is 8.42 Å². The molecule has 0 saturated heterocycles. The lowest BCUT2D eigenvalue weighted by Gasteiger charge is -2.14. The Kier molecular flexibility index (Phi) is 4.66. The van der Waals surface area contributed by atoms with Gasteiger partial charge in [0, 0.05) is 0 Å². The van der Waals surface area contributed by atoms with Crippen molar-refractivity contribution in [2.75, 3.05) is 11.8 Å². The smallest absolute Gasteiger partial charge is 0.265 e. The summed E-state index contributed by atoms with van der Waals surface area (Å²) in [4.78, 5) is 0.0287. The molecule has 21 heavy (non-hydrogen) atoms. The highest BCUT2D eigenvalue weighted by molar-refractivity contribution is 7.92. The number of ether oxygens (including phenoxy) is 1. The van der Waals surface area contributed by atoms with E-state index in [9.17, 15) is 8.42 Å². The van der Waals surface area contributed by atoms with E-state index in [0.717, 1.165) is 5.56 Å². The minimum Gasteiger partial charge on any atom is -0.495 e. The topological polar surface area (TPSA) is 55.4 Å². The predicted molar refractivity (Wildman–Crippen MR) is 85.0 cm³/mol. The number of sulfonamides is 1. The van der Waals surface area contributed by atoms with Crippen LogP contribution < -0.4 is 9.46 Å². The zero-order valence-electron chi connectivity index (χ0n) is 11.4. The largest absolute Gasteiger partial charge is 0.495 e. The molecule has 112 valence electrons. The summed E-state index contributed by atoms with van der Waals surface area (Å²) in [6.07, 6.45) is 0. The predicted octanol–water partition coefficient (Wildman–Crippen LogP) is 4.11. The molecule has 7 heteroatoms. The van der Waals surface area contributed by atoms with Crippen LogP contribution in [0.25, 0.3) is 0 Å². The van der Waals surface area contributed by atoms with Gasteiger partial charge in [-0.3, -0.25) is 4.72 Å². The summed E-state index contributed by atoms with van der Waals surface area (Å²) in [5, 5.41) is 0.440. The molecule has 0 amide bonds. The molecule has 0 fully saturated rings. The first-order valence-electron chi connectivity index (χ1n) is 5.96. The van der Waals surface area contributed by atoms with E-state index in [0.29, 0.717) is 0 Å². The molecule has 2 aromatic rings. The molecule has 0 saturated carbocycles. The highest BCUT2D eigenvalue weighted by Crippen LogP contribution is 2.33. The second-order valence-electron chi connectivity index (χ2n) is 4.36. The van der Waals surface area contributed by atoms with Crippen LogP contribution in [0.1, 0.15) is 5.56 Å². The van der Waals surface area contributed by atoms with Gasteiger partial charge in [-0.15, -0.1) is 0 Å². The summed E-state index contributed by atoms with van der Waals surface area (Å²) in [5.41, 5.74) is 0.936. The summed E-state index contributed by atoms with van der Waals surface area (Å²) >= 11 is 12.0. The van der Waals surface area contributed by atoms with Gasteiger partial charge in [-0.1, -0.05) is 35.3 Å². The number of para-hydroxylation sites is 1. The number of nitrogens with one attached hydrogen (secondary N) is 1. The molecule has 0 spiro atoms.